The summed E-state index contributed by atoms with van der Waals surface area (Å²) in [5, 5.41) is 1.84. The molecule has 0 amide bonds. The maximum absolute atomic E-state index is 12.8. The van der Waals surface area contributed by atoms with Gasteiger partial charge in [-0.25, -0.2) is 14.8 Å². The Morgan fingerprint density at radius 1 is 1.04 bits per heavy atom. The molecule has 0 aliphatic heterocycles. The number of halogens is 2. The Morgan fingerprint density at radius 2 is 1.71 bits per heavy atom. The Bertz CT molecular complexity index is 1200. The highest BCUT2D eigenvalue weighted by atomic mass is 35.5. The van der Waals surface area contributed by atoms with Gasteiger partial charge < -0.3 is 0 Å². The highest BCUT2D eigenvalue weighted by molar-refractivity contribution is 7.98. The van der Waals surface area contributed by atoms with Gasteiger partial charge >= 0.3 is 5.69 Å². The maximum Gasteiger partial charge on any atom is 0.332 e. The Labute approximate surface area is 176 Å². The molecule has 3 aromatic rings. The van der Waals surface area contributed by atoms with E-state index >= 15 is 0 Å². The number of nitrogens with zero attached hydrogens (tertiary/aromatic N) is 4. The van der Waals surface area contributed by atoms with Crippen LogP contribution in [0.15, 0.2) is 32.8 Å². The number of benzene rings is 1. The van der Waals surface area contributed by atoms with Gasteiger partial charge in [-0.3, -0.25) is 13.9 Å². The molecule has 2 aromatic heterocycles. The fraction of sp³-hybridized carbons (Fsp3) is 0.368. The van der Waals surface area contributed by atoms with Crippen LogP contribution in [0.25, 0.3) is 11.0 Å². The first-order chi connectivity index (χ1) is 13.0. The zero-order chi connectivity index (χ0) is 20.8. The smallest absolute Gasteiger partial charge is 0.280 e. The van der Waals surface area contributed by atoms with Crippen molar-refractivity contribution in [2.75, 3.05) is 0 Å². The number of aryl methyl sites for hydroxylation is 1. The summed E-state index contributed by atoms with van der Waals surface area (Å²) in [7, 11) is 3.06. The van der Waals surface area contributed by atoms with Crippen molar-refractivity contribution in [3.8, 4) is 0 Å². The molecular formula is C19H20Cl2N4O2S. The fourth-order valence-corrected chi connectivity index (χ4v) is 3.93. The second kappa shape index (κ2) is 7.54. The van der Waals surface area contributed by atoms with E-state index in [2.05, 4.69) is 9.97 Å². The molecule has 0 unspecified atom stereocenters. The van der Waals surface area contributed by atoms with Crippen molar-refractivity contribution in [2.24, 2.45) is 14.1 Å². The zero-order valence-corrected chi connectivity index (χ0v) is 18.5. The van der Waals surface area contributed by atoms with Crippen molar-refractivity contribution in [1.29, 1.82) is 0 Å². The first-order valence-corrected chi connectivity index (χ1v) is 10.3. The quantitative estimate of drug-likeness (QED) is 0.457. The highest BCUT2D eigenvalue weighted by Crippen LogP contribution is 2.30. The van der Waals surface area contributed by atoms with Gasteiger partial charge in [-0.15, -0.1) is 11.8 Å². The molecule has 9 heteroatoms. The third-order valence-corrected chi connectivity index (χ3v) is 6.08. The SMILES string of the molecule is Cn1c(=O)c2c(SCc3ccc(Cl)c(Cl)c3)nc(C(C)(C)C)nc2n(C)c1=O. The predicted molar refractivity (Wildman–Crippen MR) is 115 cm³/mol. The molecule has 0 bridgehead atoms. The average molecular weight is 439 g/mol. The van der Waals surface area contributed by atoms with Gasteiger partial charge in [-0.05, 0) is 17.7 Å². The van der Waals surface area contributed by atoms with E-state index in [-0.39, 0.29) is 5.41 Å². The monoisotopic (exact) mass is 438 g/mol. The summed E-state index contributed by atoms with van der Waals surface area (Å²) < 4.78 is 2.46. The van der Waals surface area contributed by atoms with Crippen molar-refractivity contribution in [2.45, 2.75) is 37.0 Å². The molecule has 1 aromatic carbocycles. The first kappa shape index (κ1) is 20.9. The van der Waals surface area contributed by atoms with Crippen molar-refractivity contribution in [3.05, 3.63) is 60.5 Å². The second-order valence-electron chi connectivity index (χ2n) is 7.54. The molecule has 148 valence electrons. The normalized spacial score (nSPS) is 12.0. The molecule has 0 spiro atoms. The minimum Gasteiger partial charge on any atom is -0.280 e. The Morgan fingerprint density at radius 3 is 2.32 bits per heavy atom. The molecule has 0 radical (unpaired) electrons. The van der Waals surface area contributed by atoms with Gasteiger partial charge in [0.15, 0.2) is 5.65 Å². The summed E-state index contributed by atoms with van der Waals surface area (Å²) in [6.45, 7) is 5.96. The minimum absolute atomic E-state index is 0.336. The van der Waals surface area contributed by atoms with Crippen LogP contribution in [-0.2, 0) is 25.3 Å². The molecule has 2 heterocycles. The van der Waals surface area contributed by atoms with Crippen molar-refractivity contribution in [3.63, 3.8) is 0 Å². The van der Waals surface area contributed by atoms with Gasteiger partial charge in [0.05, 0.1) is 10.0 Å². The molecule has 6 nitrogen and oxygen atoms in total. The molecule has 0 fully saturated rings. The summed E-state index contributed by atoms with van der Waals surface area (Å²) in [5.41, 5.74) is 0.117. The third kappa shape index (κ3) is 3.83. The van der Waals surface area contributed by atoms with Crippen LogP contribution >= 0.6 is 35.0 Å². The minimum atomic E-state index is -0.420. The second-order valence-corrected chi connectivity index (χ2v) is 9.32. The Hall–Kier alpha value is -1.83. The molecule has 0 saturated heterocycles. The molecular weight excluding hydrogens is 419 g/mol. The molecule has 28 heavy (non-hydrogen) atoms. The van der Waals surface area contributed by atoms with Crippen molar-refractivity contribution in [1.82, 2.24) is 19.1 Å². The van der Waals surface area contributed by atoms with Crippen LogP contribution in [0.1, 0.15) is 32.2 Å². The van der Waals surface area contributed by atoms with Gasteiger partial charge in [0.25, 0.3) is 5.56 Å². The van der Waals surface area contributed by atoms with Crippen LogP contribution in [-0.4, -0.2) is 19.1 Å². The molecule has 0 aliphatic rings. The van der Waals surface area contributed by atoms with E-state index in [1.54, 1.807) is 19.2 Å². The molecule has 0 N–H and O–H groups in total. The largest absolute Gasteiger partial charge is 0.332 e. The number of aromatic nitrogens is 4. The lowest BCUT2D eigenvalue weighted by atomic mass is 9.96. The highest BCUT2D eigenvalue weighted by Gasteiger charge is 2.23. The molecule has 3 rings (SSSR count). The van der Waals surface area contributed by atoms with Gasteiger partial charge in [0, 0.05) is 25.3 Å². The number of rotatable bonds is 3. The van der Waals surface area contributed by atoms with Crippen LogP contribution < -0.4 is 11.2 Å². The number of hydrogen-bond donors (Lipinski definition) is 0. The molecule has 0 atom stereocenters. The Kier molecular flexibility index (Phi) is 5.62. The lowest BCUT2D eigenvalue weighted by Gasteiger charge is -2.19. The van der Waals surface area contributed by atoms with E-state index in [0.29, 0.717) is 37.7 Å². The number of fused-ring (bicyclic) bond motifs is 1. The topological polar surface area (TPSA) is 69.8 Å². The van der Waals surface area contributed by atoms with Gasteiger partial charge in [0.1, 0.15) is 16.2 Å². The summed E-state index contributed by atoms with van der Waals surface area (Å²) in [4.78, 5) is 34.4. The molecule has 0 saturated carbocycles. The van der Waals surface area contributed by atoms with Crippen molar-refractivity contribution < 1.29 is 0 Å². The van der Waals surface area contributed by atoms with E-state index < -0.39 is 11.2 Å². The maximum atomic E-state index is 12.8. The van der Waals surface area contributed by atoms with Gasteiger partial charge in [-0.1, -0.05) is 50.0 Å². The van der Waals surface area contributed by atoms with E-state index in [1.165, 1.54) is 23.4 Å². The van der Waals surface area contributed by atoms with Crippen LogP contribution in [0.4, 0.5) is 0 Å². The number of thioether (sulfide) groups is 1. The third-order valence-electron chi connectivity index (χ3n) is 4.30. The van der Waals surface area contributed by atoms with E-state index in [4.69, 9.17) is 23.2 Å². The standard InChI is InChI=1S/C19H20Cl2N4O2S/c1-19(2,3)17-22-14-13(16(26)25(5)18(27)24(14)4)15(23-17)28-9-10-6-7-11(20)12(21)8-10/h6-8H,9H2,1-5H3. The van der Waals surface area contributed by atoms with Crippen LogP contribution in [0.3, 0.4) is 0 Å². The zero-order valence-electron chi connectivity index (χ0n) is 16.2. The summed E-state index contributed by atoms with van der Waals surface area (Å²) >= 11 is 13.5. The average Bonchev–Trinajstić information content (AvgIpc) is 2.64. The summed E-state index contributed by atoms with van der Waals surface area (Å²) in [5.74, 6) is 1.11. The van der Waals surface area contributed by atoms with Crippen LogP contribution in [0, 0.1) is 0 Å². The van der Waals surface area contributed by atoms with E-state index in [9.17, 15) is 9.59 Å². The predicted octanol–water partition coefficient (Wildman–Crippen LogP) is 3.92. The van der Waals surface area contributed by atoms with E-state index in [1.807, 2.05) is 26.8 Å². The summed E-state index contributed by atoms with van der Waals surface area (Å²) in [6.07, 6.45) is 0. The van der Waals surface area contributed by atoms with Gasteiger partial charge in [0.2, 0.25) is 0 Å². The Balaban J connectivity index is 2.20. The lowest BCUT2D eigenvalue weighted by Crippen LogP contribution is -2.38. The summed E-state index contributed by atoms with van der Waals surface area (Å²) in [6, 6.07) is 5.41. The van der Waals surface area contributed by atoms with Crippen LogP contribution in [0.2, 0.25) is 10.0 Å². The van der Waals surface area contributed by atoms with Gasteiger partial charge in [-0.2, -0.15) is 0 Å². The lowest BCUT2D eigenvalue weighted by molar-refractivity contribution is 0.539. The first-order valence-electron chi connectivity index (χ1n) is 8.55. The van der Waals surface area contributed by atoms with Crippen LogP contribution in [0.5, 0.6) is 0 Å². The fourth-order valence-electron chi connectivity index (χ4n) is 2.65. The molecule has 0 aliphatic carbocycles. The number of hydrogen-bond acceptors (Lipinski definition) is 5. The van der Waals surface area contributed by atoms with E-state index in [0.717, 1.165) is 10.1 Å². The van der Waals surface area contributed by atoms with Crippen molar-refractivity contribution >= 4 is 46.0 Å².